The van der Waals surface area contributed by atoms with Crippen LogP contribution < -0.4 is 9.08 Å². The van der Waals surface area contributed by atoms with Crippen molar-refractivity contribution >= 4 is 27.7 Å². The Kier molecular flexibility index (Phi) is 10.6. The summed E-state index contributed by atoms with van der Waals surface area (Å²) in [7, 11) is -4.77. The van der Waals surface area contributed by atoms with Gasteiger partial charge >= 0.3 is 16.1 Å². The van der Waals surface area contributed by atoms with Crippen LogP contribution >= 0.6 is 0 Å². The van der Waals surface area contributed by atoms with E-state index in [9.17, 15) is 53.0 Å². The monoisotopic (exact) mass is 737 g/mol. The molecule has 2 aliphatic heterocycles. The number of halogens is 1. The van der Waals surface area contributed by atoms with Crippen molar-refractivity contribution in [3.05, 3.63) is 114 Å². The van der Waals surface area contributed by atoms with Gasteiger partial charge in [0.15, 0.2) is 6.10 Å². The number of aliphatic hydroxyl groups is 4. The number of ether oxygens (including phenoxy) is 1. The molecule has 0 bridgehead atoms. The summed E-state index contributed by atoms with van der Waals surface area (Å²) >= 11 is 0. The molecule has 2 unspecified atom stereocenters. The zero-order valence-electron chi connectivity index (χ0n) is 27.3. The van der Waals surface area contributed by atoms with Gasteiger partial charge in [-0.1, -0.05) is 54.6 Å². The van der Waals surface area contributed by atoms with Crippen molar-refractivity contribution in [2.24, 2.45) is 5.92 Å². The fourth-order valence-corrected chi connectivity index (χ4v) is 7.76. The number of carboxylic acid groups (broad SMARTS) is 1. The molecule has 0 saturated carbocycles. The first-order valence-electron chi connectivity index (χ1n) is 16.3. The predicted octanol–water partition coefficient (Wildman–Crippen LogP) is 3.06. The second kappa shape index (κ2) is 15.0. The Labute approximate surface area is 297 Å². The molecule has 4 aromatic rings. The number of hydrogen-bond acceptors (Lipinski definition) is 11. The van der Waals surface area contributed by atoms with Crippen molar-refractivity contribution in [2.75, 3.05) is 10.7 Å². The van der Waals surface area contributed by atoms with E-state index in [1.54, 1.807) is 54.6 Å². The molecule has 2 heterocycles. The molecule has 15 heteroatoms. The number of rotatable bonds is 12. The lowest BCUT2D eigenvalue weighted by Gasteiger charge is -2.48. The zero-order valence-corrected chi connectivity index (χ0v) is 28.2. The van der Waals surface area contributed by atoms with Crippen molar-refractivity contribution < 1.29 is 62.0 Å². The van der Waals surface area contributed by atoms with Crippen LogP contribution in [0.1, 0.15) is 36.1 Å². The van der Waals surface area contributed by atoms with Gasteiger partial charge in [-0.2, -0.15) is 8.42 Å². The molecule has 4 aromatic carbocycles. The Balaban J connectivity index is 1.36. The van der Waals surface area contributed by atoms with Crippen LogP contribution in [-0.4, -0.2) is 87.2 Å². The highest BCUT2D eigenvalue weighted by atomic mass is 32.2. The number of phenolic OH excluding ortho intramolecular Hbond substituents is 1. The van der Waals surface area contributed by atoms with Gasteiger partial charge in [-0.15, -0.1) is 0 Å². The second-order valence-corrected chi connectivity index (χ2v) is 14.4. The van der Waals surface area contributed by atoms with E-state index < -0.39 is 76.2 Å². The minimum absolute atomic E-state index is 0.00502. The third-order valence-electron chi connectivity index (χ3n) is 9.33. The first-order chi connectivity index (χ1) is 24.7. The number of amides is 1. The summed E-state index contributed by atoms with van der Waals surface area (Å²) in [6, 6.07) is 23.9. The number of phenols is 1. The number of nitrogens with zero attached hydrogens (tertiary/aromatic N) is 1. The normalized spacial score (nSPS) is 25.3. The number of benzene rings is 4. The third kappa shape index (κ3) is 7.65. The number of carbonyl (C=O) groups excluding carboxylic acids is 1. The first kappa shape index (κ1) is 36.9. The molecular weight excluding hydrogens is 701 g/mol. The number of para-hydroxylation sites is 1. The molecule has 2 saturated heterocycles. The highest BCUT2D eigenvalue weighted by molar-refractivity contribution is 7.87. The van der Waals surface area contributed by atoms with E-state index in [0.29, 0.717) is 22.4 Å². The molecule has 2 fully saturated rings. The number of aliphatic carboxylic acids is 1. The molecular formula is C37H36FNO12S. The van der Waals surface area contributed by atoms with Gasteiger partial charge in [-0.25, -0.2) is 9.18 Å². The highest BCUT2D eigenvalue weighted by Gasteiger charge is 2.51. The molecule has 2 aliphatic rings. The van der Waals surface area contributed by atoms with Crippen LogP contribution in [0.4, 0.5) is 10.1 Å². The van der Waals surface area contributed by atoms with Crippen LogP contribution in [0, 0.1) is 11.7 Å². The highest BCUT2D eigenvalue weighted by Crippen LogP contribution is 2.49. The van der Waals surface area contributed by atoms with E-state index in [1.165, 1.54) is 47.4 Å². The second-order valence-electron chi connectivity index (χ2n) is 12.8. The maximum Gasteiger partial charge on any atom is 0.335 e. The van der Waals surface area contributed by atoms with Gasteiger partial charge in [0.25, 0.3) is 0 Å². The largest absolute Gasteiger partial charge is 0.508 e. The van der Waals surface area contributed by atoms with E-state index in [4.69, 9.17) is 8.92 Å². The molecule has 0 aromatic heterocycles. The van der Waals surface area contributed by atoms with Gasteiger partial charge in [0.1, 0.15) is 47.5 Å². The van der Waals surface area contributed by atoms with Crippen molar-refractivity contribution in [1.82, 2.24) is 0 Å². The summed E-state index contributed by atoms with van der Waals surface area (Å²) in [6.07, 6.45) is -10.7. The average Bonchev–Trinajstić information content (AvgIpc) is 3.11. The van der Waals surface area contributed by atoms with Crippen molar-refractivity contribution in [1.29, 1.82) is 0 Å². The van der Waals surface area contributed by atoms with Crippen LogP contribution in [0.15, 0.2) is 97.1 Å². The van der Waals surface area contributed by atoms with Crippen LogP contribution in [0.25, 0.3) is 11.1 Å². The quantitative estimate of drug-likeness (QED) is 0.0916. The minimum Gasteiger partial charge on any atom is -0.508 e. The molecule has 1 amide bonds. The lowest BCUT2D eigenvalue weighted by molar-refractivity contribution is -0.223. The molecule has 0 aliphatic carbocycles. The zero-order chi connectivity index (χ0) is 37.3. The van der Waals surface area contributed by atoms with Gasteiger partial charge in [0.2, 0.25) is 5.91 Å². The maximum absolute atomic E-state index is 13.8. The van der Waals surface area contributed by atoms with Gasteiger partial charge in [-0.05, 0) is 72.0 Å². The summed E-state index contributed by atoms with van der Waals surface area (Å²) in [5.74, 6) is -4.56. The lowest BCUT2D eigenvalue weighted by Crippen LogP contribution is -2.61. The summed E-state index contributed by atoms with van der Waals surface area (Å²) in [6.45, 7) is 0. The summed E-state index contributed by atoms with van der Waals surface area (Å²) < 4.78 is 51.7. The number of aliphatic hydroxyl groups excluding tert-OH is 4. The van der Waals surface area contributed by atoms with Crippen LogP contribution in [-0.2, 0) is 24.4 Å². The maximum atomic E-state index is 13.8. The van der Waals surface area contributed by atoms with Crippen LogP contribution in [0.5, 0.6) is 11.5 Å². The lowest BCUT2D eigenvalue weighted by atomic mass is 9.77. The third-order valence-corrected chi connectivity index (χ3v) is 10.5. The molecule has 6 rings (SSSR count). The Morgan fingerprint density at radius 1 is 0.885 bits per heavy atom. The number of β-lactam (4-membered cyclic amide) rings is 1. The SMILES string of the molecule is O=C(O)C1O[C@@H](CS(=O)(=O)Oc2cc(-c3ccc(O)cc3)ccc2[C@@H]2[C@@H](CC[C@H](O)c3ccc(F)cc3)C(=O)N2c2ccccc2)C(O)[C@@H](O)[C@H]1O. The molecule has 0 spiro atoms. The smallest absolute Gasteiger partial charge is 0.335 e. The van der Waals surface area contributed by atoms with Crippen molar-refractivity contribution in [2.45, 2.75) is 55.5 Å². The topological polar surface area (TPSA) is 211 Å². The first-order valence-corrected chi connectivity index (χ1v) is 17.9. The molecule has 13 nitrogen and oxygen atoms in total. The number of anilines is 1. The number of carbonyl (C=O) groups is 2. The number of aromatic hydroxyl groups is 1. The van der Waals surface area contributed by atoms with Crippen molar-refractivity contribution in [3.8, 4) is 22.6 Å². The van der Waals surface area contributed by atoms with Gasteiger partial charge in [0.05, 0.1) is 18.1 Å². The molecule has 0 radical (unpaired) electrons. The minimum atomic E-state index is -4.77. The van der Waals surface area contributed by atoms with E-state index in [0.717, 1.165) is 0 Å². The van der Waals surface area contributed by atoms with E-state index in [1.807, 2.05) is 0 Å². The average molecular weight is 738 g/mol. The predicted molar refractivity (Wildman–Crippen MR) is 183 cm³/mol. The molecule has 6 N–H and O–H groups in total. The Morgan fingerprint density at radius 3 is 2.19 bits per heavy atom. The van der Waals surface area contributed by atoms with Crippen LogP contribution in [0.2, 0.25) is 0 Å². The van der Waals surface area contributed by atoms with Gasteiger partial charge in [0, 0.05) is 11.3 Å². The number of carboxylic acids is 1. The van der Waals surface area contributed by atoms with E-state index in [2.05, 4.69) is 0 Å². The molecule has 8 atom stereocenters. The number of hydrogen-bond donors (Lipinski definition) is 6. The molecule has 274 valence electrons. The van der Waals surface area contributed by atoms with E-state index >= 15 is 0 Å². The standard InChI is InChI=1S/C37H36FNO12S/c38-23-11-6-21(7-12-23)28(41)17-16-27-31(39(36(27)45)24-4-2-1-3-5-24)26-15-10-22(20-8-13-25(40)14-9-20)18-29(26)51-52(48,49)19-30-32(42)33(43)34(44)35(50-30)37(46)47/h1-15,18,27-28,30-35,40-44H,16-17,19H2,(H,46,47)/t27-,28+,30+,31-,32?,33-,34-,35?/m1/s1. The van der Waals surface area contributed by atoms with Crippen LogP contribution in [0.3, 0.4) is 0 Å². The van der Waals surface area contributed by atoms with Crippen molar-refractivity contribution in [3.63, 3.8) is 0 Å². The summed E-state index contributed by atoms with van der Waals surface area (Å²) in [4.78, 5) is 26.9. The molecule has 52 heavy (non-hydrogen) atoms. The summed E-state index contributed by atoms with van der Waals surface area (Å²) in [5.41, 5.74) is 2.26. The Hall–Kier alpha value is -4.90. The Morgan fingerprint density at radius 2 is 1.54 bits per heavy atom. The fourth-order valence-electron chi connectivity index (χ4n) is 6.60. The van der Waals surface area contributed by atoms with Gasteiger partial charge in [-0.3, -0.25) is 4.79 Å². The van der Waals surface area contributed by atoms with E-state index in [-0.39, 0.29) is 35.8 Å². The summed E-state index contributed by atoms with van der Waals surface area (Å²) in [5, 5.41) is 61.0. The Bertz CT molecular complexity index is 2010. The fraction of sp³-hybridized carbons (Fsp3) is 0.297. The van der Waals surface area contributed by atoms with Gasteiger partial charge < -0.3 is 44.5 Å².